The summed E-state index contributed by atoms with van der Waals surface area (Å²) in [5.74, 6) is -1.05. The number of carboxylic acid groups (broad SMARTS) is 1. The van der Waals surface area contributed by atoms with Crippen LogP contribution in [0.5, 0.6) is 0 Å². The number of carbonyl (C=O) groups is 1. The molecular formula is C17H15ClN2O2. The average molecular weight is 315 g/mol. The Morgan fingerprint density at radius 2 is 2.00 bits per heavy atom. The van der Waals surface area contributed by atoms with E-state index in [-0.39, 0.29) is 10.6 Å². The molecule has 0 saturated heterocycles. The van der Waals surface area contributed by atoms with Crippen LogP contribution in [-0.2, 0) is 6.42 Å². The normalized spacial score (nSPS) is 15.4. The van der Waals surface area contributed by atoms with Crippen molar-refractivity contribution in [2.24, 2.45) is 5.10 Å². The number of aromatic carboxylic acids is 1. The summed E-state index contributed by atoms with van der Waals surface area (Å²) in [6.45, 7) is 0. The maximum atomic E-state index is 11.1. The van der Waals surface area contributed by atoms with Crippen LogP contribution in [0, 0.1) is 0 Å². The molecule has 0 radical (unpaired) electrons. The monoisotopic (exact) mass is 314 g/mol. The Labute approximate surface area is 133 Å². The number of nitrogens with one attached hydrogen (secondary N) is 1. The fourth-order valence-electron chi connectivity index (χ4n) is 2.61. The van der Waals surface area contributed by atoms with Crippen molar-refractivity contribution in [2.45, 2.75) is 19.3 Å². The zero-order valence-corrected chi connectivity index (χ0v) is 12.6. The van der Waals surface area contributed by atoms with Gasteiger partial charge in [0.15, 0.2) is 0 Å². The van der Waals surface area contributed by atoms with Gasteiger partial charge in [-0.25, -0.2) is 4.79 Å². The topological polar surface area (TPSA) is 61.7 Å². The summed E-state index contributed by atoms with van der Waals surface area (Å²) < 4.78 is 0. The third-order valence-electron chi connectivity index (χ3n) is 3.70. The fourth-order valence-corrected chi connectivity index (χ4v) is 2.81. The van der Waals surface area contributed by atoms with Crippen molar-refractivity contribution in [1.82, 2.24) is 0 Å². The quantitative estimate of drug-likeness (QED) is 0.835. The SMILES string of the molecule is O=C(O)c1cc(N/N=C2/CCCc3ccccc32)ccc1Cl. The number of halogens is 1. The Morgan fingerprint density at radius 1 is 1.18 bits per heavy atom. The second-order valence-electron chi connectivity index (χ2n) is 5.18. The van der Waals surface area contributed by atoms with Crippen molar-refractivity contribution in [1.29, 1.82) is 0 Å². The van der Waals surface area contributed by atoms with Crippen LogP contribution >= 0.6 is 11.6 Å². The molecule has 3 rings (SSSR count). The molecule has 5 heteroatoms. The van der Waals surface area contributed by atoms with Gasteiger partial charge in [-0.15, -0.1) is 0 Å². The number of aryl methyl sites for hydroxylation is 1. The van der Waals surface area contributed by atoms with E-state index in [2.05, 4.69) is 22.7 Å². The number of hydrogen-bond donors (Lipinski definition) is 2. The molecule has 0 unspecified atom stereocenters. The van der Waals surface area contributed by atoms with E-state index in [1.807, 2.05) is 12.1 Å². The number of anilines is 1. The molecule has 2 N–H and O–H groups in total. The molecule has 0 heterocycles. The lowest BCUT2D eigenvalue weighted by Gasteiger charge is -2.17. The van der Waals surface area contributed by atoms with Crippen molar-refractivity contribution in [2.75, 3.05) is 5.43 Å². The number of benzene rings is 2. The van der Waals surface area contributed by atoms with Crippen molar-refractivity contribution in [3.05, 3.63) is 64.2 Å². The Balaban J connectivity index is 1.86. The molecule has 0 spiro atoms. The second-order valence-corrected chi connectivity index (χ2v) is 5.59. The highest BCUT2D eigenvalue weighted by Crippen LogP contribution is 2.23. The highest BCUT2D eigenvalue weighted by molar-refractivity contribution is 6.33. The van der Waals surface area contributed by atoms with Gasteiger partial charge in [0, 0.05) is 5.56 Å². The maximum Gasteiger partial charge on any atom is 0.337 e. The van der Waals surface area contributed by atoms with Crippen LogP contribution in [0.2, 0.25) is 5.02 Å². The van der Waals surface area contributed by atoms with Crippen molar-refractivity contribution in [3.8, 4) is 0 Å². The highest BCUT2D eigenvalue weighted by atomic mass is 35.5. The number of carboxylic acids is 1. The van der Waals surface area contributed by atoms with Crippen LogP contribution in [0.4, 0.5) is 5.69 Å². The Morgan fingerprint density at radius 3 is 2.82 bits per heavy atom. The van der Waals surface area contributed by atoms with Crippen LogP contribution in [0.15, 0.2) is 47.6 Å². The van der Waals surface area contributed by atoms with Gasteiger partial charge in [-0.05, 0) is 43.0 Å². The maximum absolute atomic E-state index is 11.1. The Kier molecular flexibility index (Phi) is 4.11. The number of hydrogen-bond acceptors (Lipinski definition) is 3. The minimum Gasteiger partial charge on any atom is -0.478 e. The first-order valence-electron chi connectivity index (χ1n) is 7.09. The van der Waals surface area contributed by atoms with Gasteiger partial charge in [0.1, 0.15) is 0 Å². The Bertz CT molecular complexity index is 756. The zero-order valence-electron chi connectivity index (χ0n) is 11.8. The van der Waals surface area contributed by atoms with E-state index in [0.29, 0.717) is 5.69 Å². The standard InChI is InChI=1S/C17H15ClN2O2/c18-15-9-8-12(10-14(15)17(21)22)19-20-16-7-3-5-11-4-1-2-6-13(11)16/h1-2,4,6,8-10,19H,3,5,7H2,(H,21,22)/b20-16-. The van der Waals surface area contributed by atoms with Gasteiger partial charge in [-0.2, -0.15) is 5.10 Å². The molecule has 0 bridgehead atoms. The second kappa shape index (κ2) is 6.20. The molecule has 2 aromatic carbocycles. The van der Waals surface area contributed by atoms with Crippen molar-refractivity contribution < 1.29 is 9.90 Å². The highest BCUT2D eigenvalue weighted by Gasteiger charge is 2.15. The van der Waals surface area contributed by atoms with E-state index in [0.717, 1.165) is 30.5 Å². The summed E-state index contributed by atoms with van der Waals surface area (Å²) in [5.41, 5.74) is 7.08. The van der Waals surface area contributed by atoms with E-state index in [1.165, 1.54) is 11.6 Å². The summed E-state index contributed by atoms with van der Waals surface area (Å²) in [5, 5.41) is 13.8. The van der Waals surface area contributed by atoms with Gasteiger partial charge < -0.3 is 5.11 Å². The molecule has 4 nitrogen and oxygen atoms in total. The van der Waals surface area contributed by atoms with Gasteiger partial charge in [0.2, 0.25) is 0 Å². The molecule has 1 aliphatic rings. The van der Waals surface area contributed by atoms with Crippen LogP contribution in [-0.4, -0.2) is 16.8 Å². The molecular weight excluding hydrogens is 300 g/mol. The molecule has 0 aliphatic heterocycles. The lowest BCUT2D eigenvalue weighted by Crippen LogP contribution is -2.13. The predicted molar refractivity (Wildman–Crippen MR) is 88.0 cm³/mol. The van der Waals surface area contributed by atoms with Gasteiger partial charge in [-0.1, -0.05) is 35.9 Å². The van der Waals surface area contributed by atoms with Crippen LogP contribution in [0.3, 0.4) is 0 Å². The summed E-state index contributed by atoms with van der Waals surface area (Å²) in [7, 11) is 0. The molecule has 112 valence electrons. The Hall–Kier alpha value is -2.33. The van der Waals surface area contributed by atoms with Gasteiger partial charge in [0.25, 0.3) is 0 Å². The molecule has 22 heavy (non-hydrogen) atoms. The van der Waals surface area contributed by atoms with E-state index >= 15 is 0 Å². The minimum absolute atomic E-state index is 0.0657. The summed E-state index contributed by atoms with van der Waals surface area (Å²) in [6, 6.07) is 13.0. The summed E-state index contributed by atoms with van der Waals surface area (Å²) in [6.07, 6.45) is 3.04. The minimum atomic E-state index is -1.05. The molecule has 0 atom stereocenters. The van der Waals surface area contributed by atoms with E-state index in [4.69, 9.17) is 16.7 Å². The van der Waals surface area contributed by atoms with Crippen LogP contribution in [0.1, 0.15) is 34.3 Å². The van der Waals surface area contributed by atoms with Crippen molar-refractivity contribution in [3.63, 3.8) is 0 Å². The largest absolute Gasteiger partial charge is 0.478 e. The smallest absolute Gasteiger partial charge is 0.337 e. The molecule has 0 saturated carbocycles. The first-order chi connectivity index (χ1) is 10.6. The van der Waals surface area contributed by atoms with Gasteiger partial charge in [0.05, 0.1) is 22.0 Å². The molecule has 0 fully saturated rings. The van der Waals surface area contributed by atoms with E-state index in [1.54, 1.807) is 12.1 Å². The molecule has 1 aliphatic carbocycles. The van der Waals surface area contributed by atoms with E-state index < -0.39 is 5.97 Å². The summed E-state index contributed by atoms with van der Waals surface area (Å²) in [4.78, 5) is 11.1. The molecule has 2 aromatic rings. The van der Waals surface area contributed by atoms with Crippen molar-refractivity contribution >= 4 is 29.0 Å². The fraction of sp³-hybridized carbons (Fsp3) is 0.176. The lowest BCUT2D eigenvalue weighted by atomic mass is 9.90. The first-order valence-corrected chi connectivity index (χ1v) is 7.46. The van der Waals surface area contributed by atoms with Gasteiger partial charge >= 0.3 is 5.97 Å². The first kappa shape index (κ1) is 14.6. The zero-order chi connectivity index (χ0) is 15.5. The van der Waals surface area contributed by atoms with Crippen LogP contribution in [0.25, 0.3) is 0 Å². The predicted octanol–water partition coefficient (Wildman–Crippen LogP) is 4.19. The third-order valence-corrected chi connectivity index (χ3v) is 4.03. The van der Waals surface area contributed by atoms with Crippen LogP contribution < -0.4 is 5.43 Å². The lowest BCUT2D eigenvalue weighted by molar-refractivity contribution is 0.0697. The number of rotatable bonds is 3. The molecule has 0 aromatic heterocycles. The number of fused-ring (bicyclic) bond motifs is 1. The summed E-state index contributed by atoms with van der Waals surface area (Å²) >= 11 is 5.86. The van der Waals surface area contributed by atoms with Gasteiger partial charge in [-0.3, -0.25) is 5.43 Å². The average Bonchev–Trinajstić information content (AvgIpc) is 2.53. The third kappa shape index (κ3) is 2.97. The number of hydrazone groups is 1. The molecule has 0 amide bonds. The number of nitrogens with zero attached hydrogens (tertiary/aromatic N) is 1. The van der Waals surface area contributed by atoms with E-state index in [9.17, 15) is 4.79 Å².